The van der Waals surface area contributed by atoms with Gasteiger partial charge in [-0.05, 0) is 24.3 Å². The van der Waals surface area contributed by atoms with Crippen LogP contribution in [-0.4, -0.2) is 10.3 Å². The van der Waals surface area contributed by atoms with Crippen molar-refractivity contribution in [1.29, 1.82) is 0 Å². The highest BCUT2D eigenvalue weighted by molar-refractivity contribution is 5.58. The highest BCUT2D eigenvalue weighted by atomic mass is 16.5. The molecule has 0 aliphatic heterocycles. The summed E-state index contributed by atoms with van der Waals surface area (Å²) >= 11 is 0. The fraction of sp³-hybridized carbons (Fsp3) is 0.308. The van der Waals surface area contributed by atoms with Crippen molar-refractivity contribution in [2.45, 2.75) is 26.2 Å². The quantitative estimate of drug-likeness (QED) is 0.796. The van der Waals surface area contributed by atoms with Gasteiger partial charge in [0.15, 0.2) is 5.76 Å². The van der Waals surface area contributed by atoms with Gasteiger partial charge >= 0.3 is 0 Å². The summed E-state index contributed by atoms with van der Waals surface area (Å²) in [5, 5.41) is 13.2. The minimum Gasteiger partial charge on any atom is -0.508 e. The Bertz CT molecular complexity index is 477. The molecule has 0 saturated carbocycles. The standard InChI is InChI=1S/C13H15NO2/c1-13(2,3)12-8-11(16-14-12)9-4-6-10(15)7-5-9/h4-8,15H,1-3H3. The number of hydrogen-bond donors (Lipinski definition) is 1. The summed E-state index contributed by atoms with van der Waals surface area (Å²) in [6, 6.07) is 8.82. The predicted molar refractivity (Wildman–Crippen MR) is 62.3 cm³/mol. The maximum atomic E-state index is 9.19. The van der Waals surface area contributed by atoms with Crippen LogP contribution in [0.15, 0.2) is 34.9 Å². The molecule has 3 heteroatoms. The van der Waals surface area contributed by atoms with E-state index in [-0.39, 0.29) is 11.2 Å². The van der Waals surface area contributed by atoms with Gasteiger partial charge in [0.1, 0.15) is 5.75 Å². The normalized spacial score (nSPS) is 11.7. The van der Waals surface area contributed by atoms with E-state index in [4.69, 9.17) is 4.52 Å². The molecule has 0 spiro atoms. The number of hydrogen-bond acceptors (Lipinski definition) is 3. The van der Waals surface area contributed by atoms with Gasteiger partial charge in [0, 0.05) is 17.0 Å². The topological polar surface area (TPSA) is 46.3 Å². The van der Waals surface area contributed by atoms with Crippen LogP contribution >= 0.6 is 0 Å². The predicted octanol–water partition coefficient (Wildman–Crippen LogP) is 3.34. The summed E-state index contributed by atoms with van der Waals surface area (Å²) in [4.78, 5) is 0. The molecule has 84 valence electrons. The zero-order valence-corrected chi connectivity index (χ0v) is 9.69. The summed E-state index contributed by atoms with van der Waals surface area (Å²) in [5.41, 5.74) is 1.83. The van der Waals surface area contributed by atoms with E-state index in [9.17, 15) is 5.11 Å². The summed E-state index contributed by atoms with van der Waals surface area (Å²) in [7, 11) is 0. The van der Waals surface area contributed by atoms with E-state index in [2.05, 4.69) is 25.9 Å². The molecule has 0 unspecified atom stereocenters. The van der Waals surface area contributed by atoms with Crippen molar-refractivity contribution < 1.29 is 9.63 Å². The van der Waals surface area contributed by atoms with E-state index in [1.165, 1.54) is 0 Å². The monoisotopic (exact) mass is 217 g/mol. The Labute approximate surface area is 94.7 Å². The second kappa shape index (κ2) is 3.67. The lowest BCUT2D eigenvalue weighted by atomic mass is 9.92. The Morgan fingerprint density at radius 1 is 1.12 bits per heavy atom. The molecule has 1 N–H and O–H groups in total. The third-order valence-corrected chi connectivity index (χ3v) is 2.43. The van der Waals surface area contributed by atoms with Crippen LogP contribution in [0.1, 0.15) is 26.5 Å². The van der Waals surface area contributed by atoms with Crippen LogP contribution in [0.25, 0.3) is 11.3 Å². The molecule has 2 aromatic rings. The van der Waals surface area contributed by atoms with E-state index in [0.29, 0.717) is 0 Å². The minimum atomic E-state index is -0.0152. The van der Waals surface area contributed by atoms with Crippen molar-refractivity contribution in [3.63, 3.8) is 0 Å². The maximum absolute atomic E-state index is 9.19. The third-order valence-electron chi connectivity index (χ3n) is 2.43. The highest BCUT2D eigenvalue weighted by Gasteiger charge is 2.19. The molecule has 0 atom stereocenters. The Morgan fingerprint density at radius 2 is 1.75 bits per heavy atom. The van der Waals surface area contributed by atoms with Crippen LogP contribution in [0.3, 0.4) is 0 Å². The molecule has 0 bridgehead atoms. The van der Waals surface area contributed by atoms with Crippen LogP contribution in [0.4, 0.5) is 0 Å². The molecule has 0 saturated heterocycles. The van der Waals surface area contributed by atoms with Crippen LogP contribution in [0.2, 0.25) is 0 Å². The molecule has 1 aromatic carbocycles. The molecule has 0 aliphatic rings. The maximum Gasteiger partial charge on any atom is 0.167 e. The second-order valence-corrected chi connectivity index (χ2v) is 4.87. The Balaban J connectivity index is 2.35. The number of aromatic hydroxyl groups is 1. The zero-order chi connectivity index (χ0) is 11.8. The lowest BCUT2D eigenvalue weighted by Gasteiger charge is -2.12. The van der Waals surface area contributed by atoms with Gasteiger partial charge in [-0.15, -0.1) is 0 Å². The summed E-state index contributed by atoms with van der Waals surface area (Å²) in [6.07, 6.45) is 0. The first-order valence-electron chi connectivity index (χ1n) is 5.23. The molecule has 0 aliphatic carbocycles. The van der Waals surface area contributed by atoms with Gasteiger partial charge < -0.3 is 9.63 Å². The van der Waals surface area contributed by atoms with Crippen molar-refractivity contribution in [2.24, 2.45) is 0 Å². The average molecular weight is 217 g/mol. The van der Waals surface area contributed by atoms with Crippen molar-refractivity contribution in [2.75, 3.05) is 0 Å². The lowest BCUT2D eigenvalue weighted by molar-refractivity contribution is 0.402. The number of phenols is 1. The molecule has 3 nitrogen and oxygen atoms in total. The highest BCUT2D eigenvalue weighted by Crippen LogP contribution is 2.27. The number of benzene rings is 1. The van der Waals surface area contributed by atoms with Crippen LogP contribution in [-0.2, 0) is 5.41 Å². The van der Waals surface area contributed by atoms with Crippen LogP contribution in [0, 0.1) is 0 Å². The first-order valence-corrected chi connectivity index (χ1v) is 5.23. The number of rotatable bonds is 1. The molecule has 16 heavy (non-hydrogen) atoms. The summed E-state index contributed by atoms with van der Waals surface area (Å²) in [6.45, 7) is 6.27. The molecule has 0 radical (unpaired) electrons. The number of aromatic nitrogens is 1. The summed E-state index contributed by atoms with van der Waals surface area (Å²) < 4.78 is 5.29. The van der Waals surface area contributed by atoms with E-state index in [1.54, 1.807) is 12.1 Å². The van der Waals surface area contributed by atoms with Gasteiger partial charge in [0.25, 0.3) is 0 Å². The Kier molecular flexibility index (Phi) is 2.46. The Hall–Kier alpha value is -1.77. The molecule has 0 fully saturated rings. The number of nitrogens with zero attached hydrogens (tertiary/aromatic N) is 1. The first kappa shape index (κ1) is 10.7. The van der Waals surface area contributed by atoms with Gasteiger partial charge in [-0.1, -0.05) is 25.9 Å². The van der Waals surface area contributed by atoms with Crippen LogP contribution < -0.4 is 0 Å². The smallest absolute Gasteiger partial charge is 0.167 e. The zero-order valence-electron chi connectivity index (χ0n) is 9.69. The Morgan fingerprint density at radius 3 is 2.25 bits per heavy atom. The molecule has 1 heterocycles. The van der Waals surface area contributed by atoms with Gasteiger partial charge in [-0.2, -0.15) is 0 Å². The number of phenolic OH excluding ortho intramolecular Hbond substituents is 1. The molecule has 0 amide bonds. The van der Waals surface area contributed by atoms with E-state index < -0.39 is 0 Å². The lowest BCUT2D eigenvalue weighted by Crippen LogP contribution is -2.10. The van der Waals surface area contributed by atoms with Crippen molar-refractivity contribution in [3.8, 4) is 17.1 Å². The van der Waals surface area contributed by atoms with Gasteiger partial charge in [0.2, 0.25) is 0 Å². The van der Waals surface area contributed by atoms with Crippen molar-refractivity contribution >= 4 is 0 Å². The fourth-order valence-corrected chi connectivity index (χ4v) is 1.39. The van der Waals surface area contributed by atoms with Gasteiger partial charge in [-0.3, -0.25) is 0 Å². The summed E-state index contributed by atoms with van der Waals surface area (Å²) in [5.74, 6) is 0.976. The molecular weight excluding hydrogens is 202 g/mol. The third kappa shape index (κ3) is 2.08. The largest absolute Gasteiger partial charge is 0.508 e. The molecule has 1 aromatic heterocycles. The first-order chi connectivity index (χ1) is 7.47. The minimum absolute atomic E-state index is 0.0152. The molecule has 2 rings (SSSR count). The van der Waals surface area contributed by atoms with E-state index >= 15 is 0 Å². The van der Waals surface area contributed by atoms with Crippen molar-refractivity contribution in [1.82, 2.24) is 5.16 Å². The van der Waals surface area contributed by atoms with E-state index in [1.807, 2.05) is 18.2 Å². The van der Waals surface area contributed by atoms with Gasteiger partial charge in [0.05, 0.1) is 5.69 Å². The van der Waals surface area contributed by atoms with E-state index in [0.717, 1.165) is 17.0 Å². The van der Waals surface area contributed by atoms with Crippen molar-refractivity contribution in [3.05, 3.63) is 36.0 Å². The van der Waals surface area contributed by atoms with Crippen LogP contribution in [0.5, 0.6) is 5.75 Å². The average Bonchev–Trinajstić information content (AvgIpc) is 2.67. The SMILES string of the molecule is CC(C)(C)c1cc(-c2ccc(O)cc2)on1. The second-order valence-electron chi connectivity index (χ2n) is 4.87. The molecular formula is C13H15NO2. The van der Waals surface area contributed by atoms with Gasteiger partial charge in [-0.25, -0.2) is 0 Å². The fourth-order valence-electron chi connectivity index (χ4n) is 1.39.